The van der Waals surface area contributed by atoms with E-state index in [1.165, 1.54) is 5.57 Å². The van der Waals surface area contributed by atoms with Gasteiger partial charge in [0.15, 0.2) is 0 Å². The second-order valence-corrected chi connectivity index (χ2v) is 3.39. The Morgan fingerprint density at radius 1 is 1.38 bits per heavy atom. The van der Waals surface area contributed by atoms with Crippen LogP contribution in [-0.4, -0.2) is 5.78 Å². The summed E-state index contributed by atoms with van der Waals surface area (Å²) < 4.78 is 5.18. The Labute approximate surface area is 77.2 Å². The van der Waals surface area contributed by atoms with E-state index in [1.807, 2.05) is 18.2 Å². The van der Waals surface area contributed by atoms with E-state index in [0.717, 1.165) is 25.0 Å². The Morgan fingerprint density at radius 2 is 2.31 bits per heavy atom. The molecule has 0 atom stereocenters. The van der Waals surface area contributed by atoms with Crippen LogP contribution in [0.5, 0.6) is 0 Å². The van der Waals surface area contributed by atoms with E-state index in [9.17, 15) is 4.79 Å². The molecule has 1 heterocycles. The number of furan rings is 1. The Kier molecular flexibility index (Phi) is 2.30. The molecular formula is C11H12O2. The molecule has 0 aromatic carbocycles. The fourth-order valence-corrected chi connectivity index (χ4v) is 1.64. The lowest BCUT2D eigenvalue weighted by Crippen LogP contribution is -2.06. The average molecular weight is 176 g/mol. The first kappa shape index (κ1) is 8.30. The van der Waals surface area contributed by atoms with Crippen molar-refractivity contribution in [3.8, 4) is 0 Å². The zero-order chi connectivity index (χ0) is 9.10. The highest BCUT2D eigenvalue weighted by Gasteiger charge is 2.12. The third kappa shape index (κ3) is 2.08. The number of ketones is 1. The van der Waals surface area contributed by atoms with Gasteiger partial charge in [-0.3, -0.25) is 4.79 Å². The van der Waals surface area contributed by atoms with E-state index in [4.69, 9.17) is 4.42 Å². The van der Waals surface area contributed by atoms with Crippen molar-refractivity contribution in [2.24, 2.45) is 0 Å². The van der Waals surface area contributed by atoms with Crippen LogP contribution in [-0.2, 0) is 4.79 Å². The minimum atomic E-state index is 0.351. The number of hydrogen-bond acceptors (Lipinski definition) is 2. The Bertz CT molecular complexity index is 320. The summed E-state index contributed by atoms with van der Waals surface area (Å²) in [5.74, 6) is 1.20. The smallest absolute Gasteiger partial charge is 0.136 e. The molecule has 1 aromatic rings. The number of Topliss-reactive ketones (excluding diaryl/α,β-unsaturated/α-hetero) is 1. The molecule has 1 aliphatic carbocycles. The maximum Gasteiger partial charge on any atom is 0.136 e. The minimum Gasteiger partial charge on any atom is -0.465 e. The normalized spacial score (nSPS) is 20.9. The van der Waals surface area contributed by atoms with E-state index in [1.54, 1.807) is 6.26 Å². The summed E-state index contributed by atoms with van der Waals surface area (Å²) in [6, 6.07) is 3.77. The van der Waals surface area contributed by atoms with Crippen LogP contribution in [0.4, 0.5) is 0 Å². The predicted molar refractivity (Wildman–Crippen MR) is 50.2 cm³/mol. The lowest BCUT2D eigenvalue weighted by molar-refractivity contribution is -0.119. The molecule has 0 spiro atoms. The minimum absolute atomic E-state index is 0.351. The van der Waals surface area contributed by atoms with Crippen molar-refractivity contribution in [3.05, 3.63) is 29.7 Å². The summed E-state index contributed by atoms with van der Waals surface area (Å²) in [5, 5.41) is 0. The first-order valence-electron chi connectivity index (χ1n) is 4.59. The summed E-state index contributed by atoms with van der Waals surface area (Å²) >= 11 is 0. The zero-order valence-corrected chi connectivity index (χ0v) is 7.45. The van der Waals surface area contributed by atoms with Gasteiger partial charge in [0.1, 0.15) is 11.5 Å². The van der Waals surface area contributed by atoms with Gasteiger partial charge in [-0.05, 0) is 31.1 Å². The van der Waals surface area contributed by atoms with Crippen LogP contribution in [0.2, 0.25) is 0 Å². The van der Waals surface area contributed by atoms with E-state index in [2.05, 4.69) is 0 Å². The largest absolute Gasteiger partial charge is 0.465 e. The van der Waals surface area contributed by atoms with Gasteiger partial charge in [-0.25, -0.2) is 0 Å². The predicted octanol–water partition coefficient (Wildman–Crippen LogP) is 2.81. The van der Waals surface area contributed by atoms with Crippen LogP contribution in [0.3, 0.4) is 0 Å². The molecule has 13 heavy (non-hydrogen) atoms. The summed E-state index contributed by atoms with van der Waals surface area (Å²) in [6.07, 6.45) is 7.02. The number of carbonyl (C=O) groups excluding carboxylic acids is 1. The van der Waals surface area contributed by atoms with E-state index < -0.39 is 0 Å². The van der Waals surface area contributed by atoms with Crippen LogP contribution in [0.25, 0.3) is 6.08 Å². The second-order valence-electron chi connectivity index (χ2n) is 3.39. The lowest BCUT2D eigenvalue weighted by atomic mass is 9.93. The molecule has 1 aliphatic rings. The number of rotatable bonds is 1. The molecule has 0 radical (unpaired) electrons. The molecule has 0 amide bonds. The molecule has 68 valence electrons. The molecule has 2 nitrogen and oxygen atoms in total. The monoisotopic (exact) mass is 176 g/mol. The van der Waals surface area contributed by atoms with Crippen molar-refractivity contribution in [2.75, 3.05) is 0 Å². The van der Waals surface area contributed by atoms with Crippen LogP contribution < -0.4 is 0 Å². The van der Waals surface area contributed by atoms with Crippen molar-refractivity contribution >= 4 is 11.9 Å². The van der Waals surface area contributed by atoms with Gasteiger partial charge in [-0.15, -0.1) is 0 Å². The van der Waals surface area contributed by atoms with E-state index in [-0.39, 0.29) is 0 Å². The maximum absolute atomic E-state index is 11.1. The van der Waals surface area contributed by atoms with Crippen molar-refractivity contribution in [3.63, 3.8) is 0 Å². The first-order chi connectivity index (χ1) is 6.34. The highest BCUT2D eigenvalue weighted by Crippen LogP contribution is 2.22. The van der Waals surface area contributed by atoms with Crippen LogP contribution in [0.15, 0.2) is 28.4 Å². The quantitative estimate of drug-likeness (QED) is 0.658. The van der Waals surface area contributed by atoms with Crippen LogP contribution in [0.1, 0.15) is 31.4 Å². The maximum atomic E-state index is 11.1. The molecule has 1 fully saturated rings. The van der Waals surface area contributed by atoms with E-state index >= 15 is 0 Å². The van der Waals surface area contributed by atoms with Gasteiger partial charge in [0.2, 0.25) is 0 Å². The molecule has 0 aliphatic heterocycles. The van der Waals surface area contributed by atoms with Gasteiger partial charge < -0.3 is 4.42 Å². The van der Waals surface area contributed by atoms with Crippen LogP contribution in [0, 0.1) is 0 Å². The Balaban J connectivity index is 2.11. The highest BCUT2D eigenvalue weighted by atomic mass is 16.3. The highest BCUT2D eigenvalue weighted by molar-refractivity contribution is 5.83. The molecule has 1 saturated carbocycles. The standard InChI is InChI=1S/C11H12O2/c12-10-4-1-3-9(7-10)8-11-5-2-6-13-11/h2,5-6,8H,1,3-4,7H2. The molecule has 1 aromatic heterocycles. The Morgan fingerprint density at radius 3 is 3.00 bits per heavy atom. The van der Waals surface area contributed by atoms with Crippen LogP contribution >= 0.6 is 0 Å². The zero-order valence-electron chi connectivity index (χ0n) is 7.45. The van der Waals surface area contributed by atoms with Gasteiger partial charge in [-0.1, -0.05) is 5.57 Å². The third-order valence-electron chi connectivity index (χ3n) is 2.27. The van der Waals surface area contributed by atoms with Crippen molar-refractivity contribution in [2.45, 2.75) is 25.7 Å². The number of hydrogen-bond donors (Lipinski definition) is 0. The fraction of sp³-hybridized carbons (Fsp3) is 0.364. The fourth-order valence-electron chi connectivity index (χ4n) is 1.64. The first-order valence-corrected chi connectivity index (χ1v) is 4.59. The van der Waals surface area contributed by atoms with Gasteiger partial charge in [-0.2, -0.15) is 0 Å². The summed E-state index contributed by atoms with van der Waals surface area (Å²) in [4.78, 5) is 11.1. The van der Waals surface area contributed by atoms with Gasteiger partial charge in [0.25, 0.3) is 0 Å². The SMILES string of the molecule is O=C1CCCC(=Cc2ccco2)C1. The Hall–Kier alpha value is -1.31. The molecular weight excluding hydrogens is 164 g/mol. The molecule has 2 heteroatoms. The summed E-state index contributed by atoms with van der Waals surface area (Å²) in [5.41, 5.74) is 1.20. The van der Waals surface area contributed by atoms with Crippen molar-refractivity contribution in [1.82, 2.24) is 0 Å². The average Bonchev–Trinajstić information content (AvgIpc) is 2.57. The van der Waals surface area contributed by atoms with Crippen molar-refractivity contribution in [1.29, 1.82) is 0 Å². The lowest BCUT2D eigenvalue weighted by Gasteiger charge is -2.11. The molecule has 0 bridgehead atoms. The van der Waals surface area contributed by atoms with Gasteiger partial charge in [0.05, 0.1) is 6.26 Å². The van der Waals surface area contributed by atoms with Gasteiger partial charge >= 0.3 is 0 Å². The molecule has 0 saturated heterocycles. The van der Waals surface area contributed by atoms with Crippen molar-refractivity contribution < 1.29 is 9.21 Å². The third-order valence-corrected chi connectivity index (χ3v) is 2.27. The number of carbonyl (C=O) groups is 1. The molecule has 0 unspecified atom stereocenters. The second kappa shape index (κ2) is 3.60. The molecule has 0 N–H and O–H groups in total. The number of allylic oxidation sites excluding steroid dienone is 1. The summed E-state index contributed by atoms with van der Waals surface area (Å²) in [6.45, 7) is 0. The topological polar surface area (TPSA) is 30.2 Å². The van der Waals surface area contributed by atoms with E-state index in [0.29, 0.717) is 12.2 Å². The summed E-state index contributed by atoms with van der Waals surface area (Å²) in [7, 11) is 0. The van der Waals surface area contributed by atoms with Gasteiger partial charge in [0, 0.05) is 12.8 Å². The molecule has 2 rings (SSSR count).